The third kappa shape index (κ3) is 3.93. The van der Waals surface area contributed by atoms with Crippen LogP contribution >= 0.6 is 15.9 Å². The second-order valence-electron chi connectivity index (χ2n) is 7.27. The molecule has 0 aliphatic heterocycles. The minimum Gasteiger partial charge on any atom is -0.485 e. The van der Waals surface area contributed by atoms with Gasteiger partial charge in [-0.1, -0.05) is 5.16 Å². The predicted octanol–water partition coefficient (Wildman–Crippen LogP) is 4.73. The van der Waals surface area contributed by atoms with E-state index in [9.17, 15) is 4.79 Å². The van der Waals surface area contributed by atoms with Crippen LogP contribution < -0.4 is 10.1 Å². The van der Waals surface area contributed by atoms with E-state index in [1.807, 2.05) is 6.92 Å². The summed E-state index contributed by atoms with van der Waals surface area (Å²) in [5, 5.41) is 6.83. The van der Waals surface area contributed by atoms with Gasteiger partial charge in [0.2, 0.25) is 11.7 Å². The molecule has 0 radical (unpaired) electrons. The fraction of sp³-hybridized carbons (Fsp3) is 0.238. The second kappa shape index (κ2) is 7.56. The largest absolute Gasteiger partial charge is 0.485 e. The molecule has 1 aliphatic rings. The Kier molecular flexibility index (Phi) is 4.74. The van der Waals surface area contributed by atoms with E-state index in [-0.39, 0.29) is 12.5 Å². The summed E-state index contributed by atoms with van der Waals surface area (Å²) in [4.78, 5) is 24.5. The predicted molar refractivity (Wildman–Crippen MR) is 114 cm³/mol. The van der Waals surface area contributed by atoms with Gasteiger partial charge in [0.05, 0.1) is 5.52 Å². The molecule has 1 fully saturated rings. The lowest BCUT2D eigenvalue weighted by Crippen LogP contribution is -2.11. The molecule has 1 aliphatic carbocycles. The first-order chi connectivity index (χ1) is 14.5. The third-order valence-corrected chi connectivity index (χ3v) is 5.42. The highest BCUT2D eigenvalue weighted by molar-refractivity contribution is 9.10. The average Bonchev–Trinajstić information content (AvgIpc) is 3.34. The Morgan fingerprint density at radius 3 is 2.83 bits per heavy atom. The zero-order valence-corrected chi connectivity index (χ0v) is 17.7. The Hall–Kier alpha value is -3.20. The molecule has 4 aromatic rings. The molecule has 8 nitrogen and oxygen atoms in total. The summed E-state index contributed by atoms with van der Waals surface area (Å²) in [7, 11) is 0. The van der Waals surface area contributed by atoms with Crippen LogP contribution in [0.2, 0.25) is 0 Å². The number of nitrogens with zero attached hydrogens (tertiary/aromatic N) is 3. The van der Waals surface area contributed by atoms with Crippen LogP contribution in [0.1, 0.15) is 46.7 Å². The van der Waals surface area contributed by atoms with Gasteiger partial charge < -0.3 is 19.6 Å². The van der Waals surface area contributed by atoms with Crippen molar-refractivity contribution < 1.29 is 14.1 Å². The third-order valence-electron chi connectivity index (χ3n) is 4.81. The summed E-state index contributed by atoms with van der Waals surface area (Å²) >= 11 is 3.48. The number of aromatic nitrogens is 4. The van der Waals surface area contributed by atoms with Crippen molar-refractivity contribution in [1.29, 1.82) is 0 Å². The van der Waals surface area contributed by atoms with E-state index in [2.05, 4.69) is 41.4 Å². The maximum atomic E-state index is 12.7. The van der Waals surface area contributed by atoms with Crippen LogP contribution in [0, 0.1) is 6.92 Å². The molecule has 5 rings (SSSR count). The van der Waals surface area contributed by atoms with E-state index in [1.54, 1.807) is 36.4 Å². The summed E-state index contributed by atoms with van der Waals surface area (Å²) < 4.78 is 11.7. The molecule has 2 aromatic heterocycles. The molecule has 0 unspecified atom stereocenters. The number of ether oxygens (including phenoxy) is 1. The van der Waals surface area contributed by atoms with Gasteiger partial charge in [-0.25, -0.2) is 4.98 Å². The number of fused-ring (bicyclic) bond motifs is 1. The van der Waals surface area contributed by atoms with Crippen LogP contribution in [0.3, 0.4) is 0 Å². The van der Waals surface area contributed by atoms with Crippen molar-refractivity contribution in [3.05, 3.63) is 64.0 Å². The quantitative estimate of drug-likeness (QED) is 0.424. The van der Waals surface area contributed by atoms with E-state index in [0.717, 1.165) is 34.2 Å². The number of rotatable bonds is 6. The van der Waals surface area contributed by atoms with Crippen molar-refractivity contribution in [2.75, 3.05) is 5.32 Å². The van der Waals surface area contributed by atoms with Crippen molar-refractivity contribution >= 4 is 38.6 Å². The highest BCUT2D eigenvalue weighted by Crippen LogP contribution is 2.38. The molecule has 2 heterocycles. The minimum absolute atomic E-state index is 0.210. The Labute approximate surface area is 180 Å². The molecule has 152 valence electrons. The summed E-state index contributed by atoms with van der Waals surface area (Å²) in [5.41, 5.74) is 2.81. The number of carbonyl (C=O) groups excluding carboxylic acids is 1. The summed E-state index contributed by atoms with van der Waals surface area (Å²) in [6, 6.07) is 10.7. The van der Waals surface area contributed by atoms with Gasteiger partial charge >= 0.3 is 0 Å². The van der Waals surface area contributed by atoms with Crippen molar-refractivity contribution in [3.8, 4) is 5.75 Å². The number of hydrogen-bond donors (Lipinski definition) is 2. The van der Waals surface area contributed by atoms with E-state index >= 15 is 0 Å². The SMILES string of the molecule is Cc1nc2c(Br)cc(C(=O)Nc3ccc(OCc4noc(C5CC5)n4)cc3)cc2[nH]1. The minimum atomic E-state index is -0.210. The number of benzene rings is 2. The first kappa shape index (κ1) is 18.8. The lowest BCUT2D eigenvalue weighted by molar-refractivity contribution is 0.102. The lowest BCUT2D eigenvalue weighted by Gasteiger charge is -2.08. The van der Waals surface area contributed by atoms with Crippen LogP contribution in [0.15, 0.2) is 45.4 Å². The van der Waals surface area contributed by atoms with Crippen LogP contribution in [0.5, 0.6) is 5.75 Å². The molecule has 2 aromatic carbocycles. The molecule has 0 bridgehead atoms. The van der Waals surface area contributed by atoms with Gasteiger partial charge in [-0.15, -0.1) is 0 Å². The number of hydrogen-bond acceptors (Lipinski definition) is 6. The zero-order chi connectivity index (χ0) is 20.7. The fourth-order valence-electron chi connectivity index (χ4n) is 3.14. The molecule has 9 heteroatoms. The van der Waals surface area contributed by atoms with Crippen molar-refractivity contribution in [1.82, 2.24) is 20.1 Å². The Morgan fingerprint density at radius 2 is 2.07 bits per heavy atom. The van der Waals surface area contributed by atoms with Gasteiger partial charge in [-0.3, -0.25) is 4.79 Å². The summed E-state index contributed by atoms with van der Waals surface area (Å²) in [5.74, 6) is 2.89. The van der Waals surface area contributed by atoms with E-state index in [1.165, 1.54) is 0 Å². The highest BCUT2D eigenvalue weighted by Gasteiger charge is 2.29. The molecular weight excluding hydrogens is 450 g/mol. The van der Waals surface area contributed by atoms with Crippen molar-refractivity contribution in [2.45, 2.75) is 32.3 Å². The zero-order valence-electron chi connectivity index (χ0n) is 16.1. The first-order valence-electron chi connectivity index (χ1n) is 9.58. The topological polar surface area (TPSA) is 106 Å². The van der Waals surface area contributed by atoms with E-state index in [0.29, 0.717) is 34.6 Å². The molecule has 0 spiro atoms. The number of carbonyl (C=O) groups is 1. The van der Waals surface area contributed by atoms with Crippen molar-refractivity contribution in [3.63, 3.8) is 0 Å². The standard InChI is InChI=1S/C21H18BrN5O3/c1-11-23-17-9-13(8-16(22)19(17)24-11)20(28)25-14-4-6-15(7-5-14)29-10-18-26-21(30-27-18)12-2-3-12/h4-9,12H,2-3,10H2,1H3,(H,23,24)(H,25,28). The normalized spacial score (nSPS) is 13.5. The van der Waals surface area contributed by atoms with Crippen LogP contribution in [0.4, 0.5) is 5.69 Å². The average molecular weight is 468 g/mol. The fourth-order valence-corrected chi connectivity index (χ4v) is 3.69. The van der Waals surface area contributed by atoms with Gasteiger partial charge in [-0.2, -0.15) is 4.98 Å². The van der Waals surface area contributed by atoms with Crippen molar-refractivity contribution in [2.24, 2.45) is 0 Å². The first-order valence-corrected chi connectivity index (χ1v) is 10.4. The van der Waals surface area contributed by atoms with Gasteiger partial charge in [0.25, 0.3) is 5.91 Å². The monoisotopic (exact) mass is 467 g/mol. The molecular formula is C21H18BrN5O3. The molecule has 0 saturated heterocycles. The van der Waals surface area contributed by atoms with Crippen LogP contribution in [0.25, 0.3) is 11.0 Å². The van der Waals surface area contributed by atoms with E-state index < -0.39 is 0 Å². The second-order valence-corrected chi connectivity index (χ2v) is 8.12. The Morgan fingerprint density at radius 1 is 1.27 bits per heavy atom. The lowest BCUT2D eigenvalue weighted by atomic mass is 10.2. The van der Waals surface area contributed by atoms with Gasteiger partial charge in [0.1, 0.15) is 17.1 Å². The summed E-state index contributed by atoms with van der Waals surface area (Å²) in [6.45, 7) is 2.11. The van der Waals surface area contributed by atoms with E-state index in [4.69, 9.17) is 9.26 Å². The number of amides is 1. The molecule has 2 N–H and O–H groups in total. The van der Waals surface area contributed by atoms with Gasteiger partial charge in [0, 0.05) is 21.6 Å². The Bertz CT molecular complexity index is 1230. The number of anilines is 1. The number of aryl methyl sites for hydroxylation is 1. The molecule has 0 atom stereocenters. The number of aromatic amines is 1. The number of halogens is 1. The Balaban J connectivity index is 1.22. The molecule has 1 amide bonds. The van der Waals surface area contributed by atoms with Gasteiger partial charge in [-0.05, 0) is 72.1 Å². The molecule has 1 saturated carbocycles. The number of nitrogens with one attached hydrogen (secondary N) is 2. The van der Waals surface area contributed by atoms with Crippen LogP contribution in [-0.2, 0) is 6.61 Å². The number of imidazole rings is 1. The van der Waals surface area contributed by atoms with Gasteiger partial charge in [0.15, 0.2) is 6.61 Å². The number of H-pyrrole nitrogens is 1. The highest BCUT2D eigenvalue weighted by atomic mass is 79.9. The maximum Gasteiger partial charge on any atom is 0.255 e. The summed E-state index contributed by atoms with van der Waals surface area (Å²) in [6.07, 6.45) is 2.23. The smallest absolute Gasteiger partial charge is 0.255 e. The molecule has 30 heavy (non-hydrogen) atoms. The van der Waals surface area contributed by atoms with Crippen LogP contribution in [-0.4, -0.2) is 26.0 Å². The maximum absolute atomic E-state index is 12.7.